The number of nitrogens with one attached hydrogen (secondary N) is 1. The van der Waals surface area contributed by atoms with E-state index in [-0.39, 0.29) is 12.1 Å². The van der Waals surface area contributed by atoms with Gasteiger partial charge in [0.05, 0.1) is 0 Å². The number of piperidine rings is 1. The van der Waals surface area contributed by atoms with Gasteiger partial charge in [0, 0.05) is 13.1 Å². The SMILES string of the molecule is CC(CC1CCNCC1)N(C)C(=O)OC(C)(C)C. The Kier molecular flexibility index (Phi) is 5.45. The highest BCUT2D eigenvalue weighted by atomic mass is 16.6. The standard InChI is InChI=1S/C14H28N2O2/c1-11(10-12-6-8-15-9-7-12)16(5)13(17)18-14(2,3)4/h11-12,15H,6-10H2,1-5H3. The van der Waals surface area contributed by atoms with Crippen LogP contribution in [0.15, 0.2) is 0 Å². The van der Waals surface area contributed by atoms with Crippen molar-refractivity contribution < 1.29 is 9.53 Å². The molecule has 1 aliphatic heterocycles. The Labute approximate surface area is 111 Å². The van der Waals surface area contributed by atoms with Gasteiger partial charge in [0.2, 0.25) is 0 Å². The molecular weight excluding hydrogens is 228 g/mol. The van der Waals surface area contributed by atoms with Crippen LogP contribution in [0.4, 0.5) is 4.79 Å². The third kappa shape index (κ3) is 5.25. The van der Waals surface area contributed by atoms with E-state index in [9.17, 15) is 4.79 Å². The monoisotopic (exact) mass is 256 g/mol. The summed E-state index contributed by atoms with van der Waals surface area (Å²) in [4.78, 5) is 13.7. The average Bonchev–Trinajstić information content (AvgIpc) is 2.27. The van der Waals surface area contributed by atoms with E-state index < -0.39 is 5.60 Å². The van der Waals surface area contributed by atoms with Crippen LogP contribution in [-0.2, 0) is 4.74 Å². The number of amides is 1. The number of carbonyl (C=O) groups excluding carboxylic acids is 1. The van der Waals surface area contributed by atoms with Crippen LogP contribution in [0.2, 0.25) is 0 Å². The zero-order chi connectivity index (χ0) is 13.8. The van der Waals surface area contributed by atoms with E-state index in [2.05, 4.69) is 12.2 Å². The van der Waals surface area contributed by atoms with Crippen molar-refractivity contribution in [2.24, 2.45) is 5.92 Å². The topological polar surface area (TPSA) is 41.6 Å². The van der Waals surface area contributed by atoms with Gasteiger partial charge in [0.25, 0.3) is 0 Å². The summed E-state index contributed by atoms with van der Waals surface area (Å²) in [5, 5.41) is 3.37. The minimum Gasteiger partial charge on any atom is -0.444 e. The summed E-state index contributed by atoms with van der Waals surface area (Å²) in [7, 11) is 1.83. The molecule has 1 saturated heterocycles. The maximum Gasteiger partial charge on any atom is 0.410 e. The highest BCUT2D eigenvalue weighted by Gasteiger charge is 2.25. The van der Waals surface area contributed by atoms with Crippen molar-refractivity contribution >= 4 is 6.09 Å². The van der Waals surface area contributed by atoms with E-state index in [0.29, 0.717) is 0 Å². The molecule has 0 spiro atoms. The fourth-order valence-corrected chi connectivity index (χ4v) is 2.27. The van der Waals surface area contributed by atoms with E-state index in [4.69, 9.17) is 4.74 Å². The first-order valence-corrected chi connectivity index (χ1v) is 6.96. The summed E-state index contributed by atoms with van der Waals surface area (Å²) < 4.78 is 5.38. The van der Waals surface area contributed by atoms with Crippen LogP contribution in [-0.4, -0.2) is 42.8 Å². The quantitative estimate of drug-likeness (QED) is 0.844. The predicted molar refractivity (Wildman–Crippen MR) is 73.7 cm³/mol. The lowest BCUT2D eigenvalue weighted by Gasteiger charge is -2.32. The fraction of sp³-hybridized carbons (Fsp3) is 0.929. The van der Waals surface area contributed by atoms with Gasteiger partial charge < -0.3 is 15.0 Å². The van der Waals surface area contributed by atoms with Gasteiger partial charge in [0.1, 0.15) is 5.60 Å². The highest BCUT2D eigenvalue weighted by Crippen LogP contribution is 2.21. The number of hydrogen-bond acceptors (Lipinski definition) is 3. The maximum absolute atomic E-state index is 11.9. The van der Waals surface area contributed by atoms with Crippen LogP contribution in [0, 0.1) is 5.92 Å². The lowest BCUT2D eigenvalue weighted by Crippen LogP contribution is -2.41. The Bertz CT molecular complexity index is 267. The van der Waals surface area contributed by atoms with Crippen LogP contribution in [0.5, 0.6) is 0 Å². The molecule has 4 heteroatoms. The highest BCUT2D eigenvalue weighted by molar-refractivity contribution is 5.68. The third-order valence-electron chi connectivity index (χ3n) is 3.48. The Hall–Kier alpha value is -0.770. The Morgan fingerprint density at radius 3 is 2.44 bits per heavy atom. The second kappa shape index (κ2) is 6.41. The van der Waals surface area contributed by atoms with E-state index >= 15 is 0 Å². The van der Waals surface area contributed by atoms with Crippen molar-refractivity contribution in [3.05, 3.63) is 0 Å². The molecule has 0 aromatic carbocycles. The van der Waals surface area contributed by atoms with Gasteiger partial charge in [-0.1, -0.05) is 0 Å². The number of nitrogens with zero attached hydrogens (tertiary/aromatic N) is 1. The van der Waals surface area contributed by atoms with Gasteiger partial charge in [-0.3, -0.25) is 0 Å². The van der Waals surface area contributed by atoms with Crippen molar-refractivity contribution in [1.29, 1.82) is 0 Å². The van der Waals surface area contributed by atoms with Gasteiger partial charge in [-0.15, -0.1) is 0 Å². The zero-order valence-electron chi connectivity index (χ0n) is 12.5. The lowest BCUT2D eigenvalue weighted by molar-refractivity contribution is 0.0213. The third-order valence-corrected chi connectivity index (χ3v) is 3.48. The van der Waals surface area contributed by atoms with Gasteiger partial charge in [-0.05, 0) is 66.0 Å². The van der Waals surface area contributed by atoms with Gasteiger partial charge in [0.15, 0.2) is 0 Å². The minimum atomic E-state index is -0.417. The summed E-state index contributed by atoms with van der Waals surface area (Å²) in [6.07, 6.45) is 3.28. The van der Waals surface area contributed by atoms with Gasteiger partial charge >= 0.3 is 6.09 Å². The molecule has 0 aliphatic carbocycles. The first kappa shape index (κ1) is 15.3. The van der Waals surface area contributed by atoms with Crippen LogP contribution in [0.3, 0.4) is 0 Å². The molecule has 1 unspecified atom stereocenters. The molecule has 0 aromatic rings. The molecule has 0 bridgehead atoms. The van der Waals surface area contributed by atoms with Gasteiger partial charge in [-0.2, -0.15) is 0 Å². The first-order valence-electron chi connectivity index (χ1n) is 6.96. The van der Waals surface area contributed by atoms with Crippen molar-refractivity contribution in [2.45, 2.75) is 58.6 Å². The molecule has 1 amide bonds. The smallest absolute Gasteiger partial charge is 0.410 e. The second-order valence-corrected chi connectivity index (χ2v) is 6.37. The number of carbonyl (C=O) groups is 1. The molecule has 1 atom stereocenters. The molecule has 1 fully saturated rings. The van der Waals surface area contributed by atoms with Crippen LogP contribution in [0.25, 0.3) is 0 Å². The summed E-state index contributed by atoms with van der Waals surface area (Å²) in [5.41, 5.74) is -0.417. The lowest BCUT2D eigenvalue weighted by atomic mass is 9.91. The molecule has 18 heavy (non-hydrogen) atoms. The van der Waals surface area contributed by atoms with Crippen molar-refractivity contribution in [3.8, 4) is 0 Å². The Morgan fingerprint density at radius 1 is 1.39 bits per heavy atom. The predicted octanol–water partition coefficient (Wildman–Crippen LogP) is 2.63. The summed E-state index contributed by atoms with van der Waals surface area (Å²) in [5.74, 6) is 0.728. The molecule has 0 radical (unpaired) electrons. The summed E-state index contributed by atoms with van der Waals surface area (Å²) in [6, 6.07) is 0.239. The van der Waals surface area contributed by atoms with Crippen molar-refractivity contribution in [2.75, 3.05) is 20.1 Å². The van der Waals surface area contributed by atoms with Crippen LogP contribution in [0.1, 0.15) is 47.0 Å². The normalized spacial score (nSPS) is 19.4. The molecule has 1 aliphatic rings. The van der Waals surface area contributed by atoms with E-state index in [1.54, 1.807) is 4.90 Å². The second-order valence-electron chi connectivity index (χ2n) is 6.37. The van der Waals surface area contributed by atoms with E-state index in [1.165, 1.54) is 12.8 Å². The molecule has 0 saturated carbocycles. The molecule has 1 rings (SSSR count). The first-order chi connectivity index (χ1) is 8.29. The van der Waals surface area contributed by atoms with Crippen molar-refractivity contribution in [1.82, 2.24) is 10.2 Å². The molecule has 4 nitrogen and oxygen atoms in total. The summed E-state index contributed by atoms with van der Waals surface area (Å²) in [6.45, 7) is 10.0. The van der Waals surface area contributed by atoms with Crippen LogP contribution >= 0.6 is 0 Å². The maximum atomic E-state index is 11.9. The minimum absolute atomic E-state index is 0.219. The van der Waals surface area contributed by atoms with E-state index in [0.717, 1.165) is 25.4 Å². The Morgan fingerprint density at radius 2 is 1.94 bits per heavy atom. The van der Waals surface area contributed by atoms with Gasteiger partial charge in [-0.25, -0.2) is 4.79 Å². The molecule has 1 N–H and O–H groups in total. The molecule has 0 aromatic heterocycles. The molecular formula is C14H28N2O2. The number of rotatable bonds is 3. The van der Waals surface area contributed by atoms with Crippen molar-refractivity contribution in [3.63, 3.8) is 0 Å². The van der Waals surface area contributed by atoms with E-state index in [1.807, 2.05) is 27.8 Å². The number of hydrogen-bond donors (Lipinski definition) is 1. The summed E-state index contributed by atoms with van der Waals surface area (Å²) >= 11 is 0. The fourth-order valence-electron chi connectivity index (χ4n) is 2.27. The molecule has 1 heterocycles. The van der Waals surface area contributed by atoms with Crippen LogP contribution < -0.4 is 5.32 Å². The zero-order valence-corrected chi connectivity index (χ0v) is 12.5. The number of ether oxygens (including phenoxy) is 1. The average molecular weight is 256 g/mol. The largest absolute Gasteiger partial charge is 0.444 e. The molecule has 106 valence electrons. The Balaban J connectivity index is 2.39.